The Labute approximate surface area is 473 Å². The van der Waals surface area contributed by atoms with E-state index in [1.807, 2.05) is 6.20 Å². The molecule has 4 heterocycles. The molecular weight excluding hydrogens is 1150 g/mol. The fourth-order valence-electron chi connectivity index (χ4n) is 11.6. The molecule has 79 heavy (non-hydrogen) atoms. The summed E-state index contributed by atoms with van der Waals surface area (Å²) in [5.41, 5.74) is 18.2. The monoisotopic (exact) mass is 1210 g/mol. The molecule has 0 spiro atoms. The molecule has 4 aromatic heterocycles. The fourth-order valence-corrected chi connectivity index (χ4v) is 12.7. The summed E-state index contributed by atoms with van der Waals surface area (Å²) < 4.78 is 17.5. The second-order valence-electron chi connectivity index (χ2n) is 24.1. The summed E-state index contributed by atoms with van der Waals surface area (Å²) >= 11 is 2.56. The first kappa shape index (κ1) is 50.2. The van der Waals surface area contributed by atoms with Gasteiger partial charge in [-0.05, 0) is 17.0 Å². The number of hydrogen-bond acceptors (Lipinski definition) is 2. The van der Waals surface area contributed by atoms with Gasteiger partial charge in [-0.2, -0.15) is 0 Å². The van der Waals surface area contributed by atoms with E-state index in [2.05, 4.69) is 312 Å². The molecule has 0 bridgehead atoms. The maximum atomic E-state index is 6.93. The van der Waals surface area contributed by atoms with Crippen LogP contribution < -0.4 is 4.74 Å². The fraction of sp³-hybridized carbons (Fsp3) is 0.167. The molecule has 0 saturated heterocycles. The molecule has 7 heteroatoms. The van der Waals surface area contributed by atoms with Crippen LogP contribution in [0.25, 0.3) is 99.8 Å². The standard InChI is InChI=1S/C72H63N5O.Pt/c1-70(2,3)49-33-29-47(30-34-49)60-43-53(76-62-24-13-10-21-56(62)57-22-11-14-25-63(57)76)44-61(48-31-35-50(36-32-48)71(4,5)6)69(60)75-46-74(65-27-16-17-28-66(65)75)52-19-18-20-54(42-52)78-55-37-38-59-58-23-12-15-26-64(58)77(67(59)45-55)68-41-51(39-40-73-68)72(7,8)9;/h10-45H,1-9H3;. The zero-order valence-corrected chi connectivity index (χ0v) is 48.5. The molecule has 0 aliphatic heterocycles. The topological polar surface area (TPSA) is 41.8 Å². The number of aromatic nitrogens is 5. The number of nitrogens with zero attached hydrogens (tertiary/aromatic N) is 5. The second kappa shape index (κ2) is 19.0. The van der Waals surface area contributed by atoms with Crippen LogP contribution in [0, 0.1) is 3.80 Å². The van der Waals surface area contributed by atoms with E-state index in [0.29, 0.717) is 0 Å². The van der Waals surface area contributed by atoms with Crippen LogP contribution in [0.4, 0.5) is 0 Å². The Morgan fingerprint density at radius 2 is 0.823 bits per heavy atom. The van der Waals surface area contributed by atoms with Crippen molar-refractivity contribution in [2.75, 3.05) is 0 Å². The predicted molar refractivity (Wildman–Crippen MR) is 326 cm³/mol. The first-order valence-corrected chi connectivity index (χ1v) is 28.5. The van der Waals surface area contributed by atoms with Gasteiger partial charge in [0.15, 0.2) is 0 Å². The minimum atomic E-state index is -0.0295. The molecule has 0 saturated carbocycles. The molecule has 392 valence electrons. The van der Waals surface area contributed by atoms with Crippen LogP contribution in [0.3, 0.4) is 0 Å². The summed E-state index contributed by atoms with van der Waals surface area (Å²) in [6, 6.07) is 77.6. The zero-order valence-electron chi connectivity index (χ0n) is 46.2. The number of benzene rings is 9. The van der Waals surface area contributed by atoms with Crippen LogP contribution in [0.15, 0.2) is 219 Å². The Balaban J connectivity index is 1.01. The van der Waals surface area contributed by atoms with Crippen LogP contribution in [0.5, 0.6) is 11.5 Å². The second-order valence-corrected chi connectivity index (χ2v) is 25.1. The van der Waals surface area contributed by atoms with Gasteiger partial charge in [-0.25, -0.2) is 0 Å². The van der Waals surface area contributed by atoms with Crippen LogP contribution in [0.2, 0.25) is 0 Å². The van der Waals surface area contributed by atoms with E-state index in [0.717, 1.165) is 87.9 Å². The maximum absolute atomic E-state index is 6.93. The van der Waals surface area contributed by atoms with E-state index in [1.165, 1.54) is 43.9 Å². The van der Waals surface area contributed by atoms with Gasteiger partial charge in [0.2, 0.25) is 0 Å². The summed E-state index contributed by atoms with van der Waals surface area (Å²) in [5.74, 6) is 2.37. The molecule has 0 aliphatic rings. The van der Waals surface area contributed by atoms with E-state index in [9.17, 15) is 0 Å². The predicted octanol–water partition coefficient (Wildman–Crippen LogP) is 19.1. The Bertz CT molecular complexity index is 4450. The number of imidazole rings is 1. The van der Waals surface area contributed by atoms with E-state index in [4.69, 9.17) is 9.72 Å². The number of pyridine rings is 1. The van der Waals surface area contributed by atoms with Gasteiger partial charge in [0.1, 0.15) is 0 Å². The van der Waals surface area contributed by atoms with Gasteiger partial charge in [-0.3, -0.25) is 0 Å². The molecule has 0 unspecified atom stereocenters. The Kier molecular flexibility index (Phi) is 12.0. The quantitative estimate of drug-likeness (QED) is 0.152. The number of fused-ring (bicyclic) bond motifs is 7. The summed E-state index contributed by atoms with van der Waals surface area (Å²) in [5, 5.41) is 4.79. The first-order chi connectivity index (χ1) is 38.0. The van der Waals surface area contributed by atoms with Crippen molar-refractivity contribution in [1.29, 1.82) is 0 Å². The molecule has 0 amide bonds. The Morgan fingerprint density at radius 3 is 1.35 bits per heavy atom. The number of ether oxygens (including phenoxy) is 1. The Morgan fingerprint density at radius 1 is 0.354 bits per heavy atom. The van der Waals surface area contributed by atoms with E-state index in [-0.39, 0.29) is 16.2 Å². The van der Waals surface area contributed by atoms with Crippen LogP contribution in [-0.2, 0) is 35.6 Å². The molecule has 6 nitrogen and oxygen atoms in total. The van der Waals surface area contributed by atoms with Crippen molar-refractivity contribution in [2.24, 2.45) is 0 Å². The van der Waals surface area contributed by atoms with E-state index < -0.39 is 0 Å². The van der Waals surface area contributed by atoms with Crippen molar-refractivity contribution in [3.63, 3.8) is 0 Å². The summed E-state index contributed by atoms with van der Waals surface area (Å²) in [7, 11) is 0. The summed E-state index contributed by atoms with van der Waals surface area (Å²) in [6.45, 7) is 20.4. The summed E-state index contributed by atoms with van der Waals surface area (Å²) in [4.78, 5) is 4.93. The van der Waals surface area contributed by atoms with Gasteiger partial charge >= 0.3 is 420 Å². The average molecular weight is 1210 g/mol. The number of rotatable bonds is 8. The SMILES string of the molecule is CC(C)(C)c1ccc(-c2cc(-n3c4ccccc4c4ccccc43)cc(-c3ccc(C(C)(C)C)cc3)c2-n2[c](=[Pt])n(-c3cccc(Oc4ccc5c6ccccc6n(-c6cc(C(C)(C)C)ccn6)c5c4)c3)c3ccccc32)cc1. The van der Waals surface area contributed by atoms with Gasteiger partial charge in [0, 0.05) is 6.20 Å². The third kappa shape index (κ3) is 8.78. The average Bonchev–Trinajstić information content (AvgIpc) is 4.30. The minimum absolute atomic E-state index is 0.00903. The molecule has 0 atom stereocenters. The van der Waals surface area contributed by atoms with E-state index in [1.54, 1.807) is 0 Å². The van der Waals surface area contributed by atoms with Gasteiger partial charge < -0.3 is 0 Å². The van der Waals surface area contributed by atoms with Crippen molar-refractivity contribution >= 4 is 54.6 Å². The van der Waals surface area contributed by atoms with Crippen LogP contribution in [0.1, 0.15) is 79.0 Å². The molecule has 0 fully saturated rings. The number of para-hydroxylation sites is 5. The van der Waals surface area contributed by atoms with Gasteiger partial charge in [0.05, 0.1) is 0 Å². The van der Waals surface area contributed by atoms with Crippen molar-refractivity contribution in [1.82, 2.24) is 23.3 Å². The van der Waals surface area contributed by atoms with Crippen LogP contribution >= 0.6 is 0 Å². The molecular formula is C72H63N5OPt. The first-order valence-electron chi connectivity index (χ1n) is 27.3. The van der Waals surface area contributed by atoms with Crippen LogP contribution in [-0.4, -0.2) is 23.3 Å². The van der Waals surface area contributed by atoms with Gasteiger partial charge in [0.25, 0.3) is 0 Å². The molecule has 13 rings (SSSR count). The molecule has 0 radical (unpaired) electrons. The van der Waals surface area contributed by atoms with E-state index >= 15 is 0 Å². The molecule has 13 aromatic rings. The molecule has 0 aliphatic carbocycles. The van der Waals surface area contributed by atoms with Gasteiger partial charge in [-0.1, -0.05) is 32.9 Å². The van der Waals surface area contributed by atoms with Crippen molar-refractivity contribution < 1.29 is 24.1 Å². The van der Waals surface area contributed by atoms with Gasteiger partial charge in [-0.15, -0.1) is 0 Å². The number of hydrogen-bond donors (Lipinski definition) is 0. The summed E-state index contributed by atoms with van der Waals surface area (Å²) in [6.07, 6.45) is 1.93. The molecule has 9 aromatic carbocycles. The molecule has 0 N–H and O–H groups in total. The Hall–Kier alpha value is -8.31. The normalized spacial score (nSPS) is 12.4. The van der Waals surface area contributed by atoms with Crippen molar-refractivity contribution in [2.45, 2.75) is 78.6 Å². The zero-order chi connectivity index (χ0) is 54.5. The van der Waals surface area contributed by atoms with Crippen molar-refractivity contribution in [3.05, 3.63) is 239 Å². The van der Waals surface area contributed by atoms with Crippen molar-refractivity contribution in [3.8, 4) is 56.6 Å². The third-order valence-corrected chi connectivity index (χ3v) is 16.8. The third-order valence-electron chi connectivity index (χ3n) is 15.8.